The Morgan fingerprint density at radius 3 is 2.74 bits per heavy atom. The van der Waals surface area contributed by atoms with Crippen molar-refractivity contribution in [2.45, 2.75) is 24.5 Å². The number of aromatic nitrogens is 2. The summed E-state index contributed by atoms with van der Waals surface area (Å²) in [6.07, 6.45) is 4.70. The molecule has 4 rings (SSSR count). The van der Waals surface area contributed by atoms with E-state index in [9.17, 15) is 9.18 Å². The second-order valence-corrected chi connectivity index (χ2v) is 6.79. The minimum Gasteiger partial charge on any atom is -0.484 e. The molecule has 1 atom stereocenters. The number of likely N-dealkylation sites (tertiary alicyclic amines) is 1. The smallest absolute Gasteiger partial charge is 0.316 e. The molecular formula is C19H20FN3O4. The predicted molar refractivity (Wildman–Crippen MR) is 92.8 cm³/mol. The van der Waals surface area contributed by atoms with Crippen molar-refractivity contribution < 1.29 is 23.4 Å². The van der Waals surface area contributed by atoms with Crippen LogP contribution in [0.15, 0.2) is 42.7 Å². The molecule has 0 saturated carbocycles. The van der Waals surface area contributed by atoms with Crippen LogP contribution in [-0.4, -0.2) is 58.8 Å². The van der Waals surface area contributed by atoms with E-state index in [4.69, 9.17) is 14.2 Å². The van der Waals surface area contributed by atoms with Gasteiger partial charge in [-0.3, -0.25) is 4.79 Å². The summed E-state index contributed by atoms with van der Waals surface area (Å²) < 4.78 is 30.1. The lowest BCUT2D eigenvalue weighted by Crippen LogP contribution is -2.68. The summed E-state index contributed by atoms with van der Waals surface area (Å²) in [7, 11) is 0. The van der Waals surface area contributed by atoms with Gasteiger partial charge in [0.25, 0.3) is 5.91 Å². The zero-order chi connectivity index (χ0) is 18.7. The molecule has 7 nitrogen and oxygen atoms in total. The van der Waals surface area contributed by atoms with Crippen molar-refractivity contribution in [3.05, 3.63) is 48.5 Å². The SMILES string of the molecule is O=C(COc1ccc(F)cc1)N1CC2(C[C@H](Oc3ncccn3)CCO2)C1. The van der Waals surface area contributed by atoms with Gasteiger partial charge in [-0.1, -0.05) is 0 Å². The van der Waals surface area contributed by atoms with Crippen LogP contribution >= 0.6 is 0 Å². The van der Waals surface area contributed by atoms with Crippen LogP contribution in [-0.2, 0) is 9.53 Å². The molecule has 1 spiro atoms. The first-order valence-corrected chi connectivity index (χ1v) is 8.86. The first-order valence-electron chi connectivity index (χ1n) is 8.86. The van der Waals surface area contributed by atoms with Crippen molar-refractivity contribution in [2.24, 2.45) is 0 Å². The molecule has 0 unspecified atom stereocenters. The first kappa shape index (κ1) is 17.7. The van der Waals surface area contributed by atoms with Crippen molar-refractivity contribution in [2.75, 3.05) is 26.3 Å². The molecule has 2 aliphatic rings. The Morgan fingerprint density at radius 2 is 2.00 bits per heavy atom. The Balaban J connectivity index is 1.26. The highest BCUT2D eigenvalue weighted by Gasteiger charge is 2.50. The second kappa shape index (κ2) is 7.48. The van der Waals surface area contributed by atoms with Crippen molar-refractivity contribution in [3.63, 3.8) is 0 Å². The maximum Gasteiger partial charge on any atom is 0.316 e. The summed E-state index contributed by atoms with van der Waals surface area (Å²) in [4.78, 5) is 22.2. The third-order valence-corrected chi connectivity index (χ3v) is 4.75. The number of carbonyl (C=O) groups excluding carboxylic acids is 1. The molecule has 1 aromatic carbocycles. The molecular weight excluding hydrogens is 353 g/mol. The third-order valence-electron chi connectivity index (χ3n) is 4.75. The maximum atomic E-state index is 12.9. The summed E-state index contributed by atoms with van der Waals surface area (Å²) in [6.45, 7) is 1.51. The minimum atomic E-state index is -0.372. The van der Waals surface area contributed by atoms with Crippen LogP contribution in [0.3, 0.4) is 0 Å². The van der Waals surface area contributed by atoms with Gasteiger partial charge < -0.3 is 19.1 Å². The van der Waals surface area contributed by atoms with Gasteiger partial charge in [0.05, 0.1) is 19.7 Å². The topological polar surface area (TPSA) is 73.8 Å². The van der Waals surface area contributed by atoms with E-state index in [1.165, 1.54) is 24.3 Å². The molecule has 2 aliphatic heterocycles. The fraction of sp³-hybridized carbons (Fsp3) is 0.421. The Labute approximate surface area is 156 Å². The van der Waals surface area contributed by atoms with E-state index in [1.54, 1.807) is 23.4 Å². The highest BCUT2D eigenvalue weighted by atomic mass is 19.1. The lowest BCUT2D eigenvalue weighted by Gasteiger charge is -2.52. The summed E-state index contributed by atoms with van der Waals surface area (Å²) in [5.41, 5.74) is -0.372. The van der Waals surface area contributed by atoms with Gasteiger partial charge in [-0.15, -0.1) is 0 Å². The van der Waals surface area contributed by atoms with Gasteiger partial charge in [0.15, 0.2) is 6.61 Å². The normalized spacial score (nSPS) is 20.8. The largest absolute Gasteiger partial charge is 0.484 e. The Hall–Kier alpha value is -2.74. The van der Waals surface area contributed by atoms with E-state index in [1.807, 2.05) is 0 Å². The van der Waals surface area contributed by atoms with Crippen LogP contribution in [0.2, 0.25) is 0 Å². The number of nitrogens with zero attached hydrogens (tertiary/aromatic N) is 3. The number of carbonyl (C=O) groups is 1. The fourth-order valence-corrected chi connectivity index (χ4v) is 3.39. The number of halogens is 1. The van der Waals surface area contributed by atoms with E-state index in [2.05, 4.69) is 9.97 Å². The maximum absolute atomic E-state index is 12.9. The molecule has 27 heavy (non-hydrogen) atoms. The van der Waals surface area contributed by atoms with Crippen LogP contribution < -0.4 is 9.47 Å². The fourth-order valence-electron chi connectivity index (χ4n) is 3.39. The molecule has 1 amide bonds. The lowest BCUT2D eigenvalue weighted by atomic mass is 9.84. The molecule has 1 aromatic heterocycles. The van der Waals surface area contributed by atoms with E-state index in [0.29, 0.717) is 37.9 Å². The minimum absolute atomic E-state index is 0.0335. The zero-order valence-corrected chi connectivity index (χ0v) is 14.7. The number of ether oxygens (including phenoxy) is 3. The Kier molecular flexibility index (Phi) is 4.89. The van der Waals surface area contributed by atoms with Gasteiger partial charge in [-0.2, -0.15) is 0 Å². The molecule has 3 heterocycles. The molecule has 2 fully saturated rings. The Morgan fingerprint density at radius 1 is 1.26 bits per heavy atom. The van der Waals surface area contributed by atoms with E-state index in [0.717, 1.165) is 6.42 Å². The summed E-state index contributed by atoms with van der Waals surface area (Å²) in [5, 5.41) is 0. The van der Waals surface area contributed by atoms with Crippen LogP contribution in [0, 0.1) is 5.82 Å². The Bertz CT molecular complexity index is 781. The first-order chi connectivity index (χ1) is 13.1. The zero-order valence-electron chi connectivity index (χ0n) is 14.7. The van der Waals surface area contributed by atoms with Crippen LogP contribution in [0.1, 0.15) is 12.8 Å². The molecule has 8 heteroatoms. The monoisotopic (exact) mass is 373 g/mol. The van der Waals surface area contributed by atoms with Gasteiger partial charge in [0.2, 0.25) is 0 Å². The highest BCUT2D eigenvalue weighted by Crippen LogP contribution is 2.35. The van der Waals surface area contributed by atoms with Crippen LogP contribution in [0.4, 0.5) is 4.39 Å². The summed E-state index contributed by atoms with van der Waals surface area (Å²) >= 11 is 0. The van der Waals surface area contributed by atoms with Crippen LogP contribution in [0.5, 0.6) is 11.8 Å². The standard InChI is InChI=1S/C19H20FN3O4/c20-14-2-4-15(5-3-14)25-11-17(24)23-12-19(13-23)10-16(6-9-26-19)27-18-21-7-1-8-22-18/h1-5,7-8,16H,6,9-13H2/t16-/m1/s1. The second-order valence-electron chi connectivity index (χ2n) is 6.79. The average molecular weight is 373 g/mol. The number of benzene rings is 1. The lowest BCUT2D eigenvalue weighted by molar-refractivity contribution is -0.194. The van der Waals surface area contributed by atoms with Crippen LogP contribution in [0.25, 0.3) is 0 Å². The summed E-state index contributed by atoms with van der Waals surface area (Å²) in [5.74, 6) is -0.00121. The van der Waals surface area contributed by atoms with Gasteiger partial charge in [0, 0.05) is 25.2 Å². The molecule has 0 radical (unpaired) electrons. The summed E-state index contributed by atoms with van der Waals surface area (Å²) in [6, 6.07) is 7.69. The van der Waals surface area contributed by atoms with Crippen molar-refractivity contribution in [1.82, 2.24) is 14.9 Å². The molecule has 0 N–H and O–H groups in total. The molecule has 2 aromatic rings. The van der Waals surface area contributed by atoms with E-state index in [-0.39, 0.29) is 30.0 Å². The highest BCUT2D eigenvalue weighted by molar-refractivity contribution is 5.79. The predicted octanol–water partition coefficient (Wildman–Crippen LogP) is 1.83. The number of rotatable bonds is 5. The molecule has 142 valence electrons. The van der Waals surface area contributed by atoms with Crippen molar-refractivity contribution in [1.29, 1.82) is 0 Å². The van der Waals surface area contributed by atoms with E-state index < -0.39 is 0 Å². The van der Waals surface area contributed by atoms with Gasteiger partial charge in [-0.05, 0) is 30.3 Å². The van der Waals surface area contributed by atoms with Crippen molar-refractivity contribution in [3.8, 4) is 11.8 Å². The van der Waals surface area contributed by atoms with Gasteiger partial charge in [0.1, 0.15) is 23.3 Å². The van der Waals surface area contributed by atoms with Gasteiger partial charge >= 0.3 is 6.01 Å². The van der Waals surface area contributed by atoms with E-state index >= 15 is 0 Å². The average Bonchev–Trinajstić information content (AvgIpc) is 2.66. The van der Waals surface area contributed by atoms with Crippen molar-refractivity contribution >= 4 is 5.91 Å². The van der Waals surface area contributed by atoms with Gasteiger partial charge in [-0.25, -0.2) is 14.4 Å². The number of hydrogen-bond acceptors (Lipinski definition) is 6. The quantitative estimate of drug-likeness (QED) is 0.796. The molecule has 0 bridgehead atoms. The number of hydrogen-bond donors (Lipinski definition) is 0. The third kappa shape index (κ3) is 4.16. The number of amides is 1. The molecule has 2 saturated heterocycles. The molecule has 0 aliphatic carbocycles.